The molecule has 0 amide bonds. The third kappa shape index (κ3) is 3.01. The van der Waals surface area contributed by atoms with Gasteiger partial charge in [-0.05, 0) is 49.8 Å². The molecule has 2 rings (SSSR count). The van der Waals surface area contributed by atoms with Gasteiger partial charge in [-0.3, -0.25) is 0 Å². The predicted octanol–water partition coefficient (Wildman–Crippen LogP) is 4.84. The summed E-state index contributed by atoms with van der Waals surface area (Å²) in [6.07, 6.45) is 15.4. The third-order valence-corrected chi connectivity index (χ3v) is 3.57. The first-order valence-electron chi connectivity index (χ1n) is 6.71. The number of aromatic amines is 1. The number of rotatable bonds is 1. The highest BCUT2D eigenvalue weighted by molar-refractivity contribution is 5.65. The van der Waals surface area contributed by atoms with Crippen molar-refractivity contribution in [3.63, 3.8) is 0 Å². The fourth-order valence-electron chi connectivity index (χ4n) is 2.57. The van der Waals surface area contributed by atoms with E-state index in [-0.39, 0.29) is 0 Å². The summed E-state index contributed by atoms with van der Waals surface area (Å²) < 4.78 is 0. The maximum Gasteiger partial charge on any atom is 0.0439 e. The number of allylic oxidation sites excluding steroid dienone is 2. The Hall–Kier alpha value is -0.980. The van der Waals surface area contributed by atoms with E-state index in [0.29, 0.717) is 0 Å². The second-order valence-electron chi connectivity index (χ2n) is 4.93. The van der Waals surface area contributed by atoms with E-state index in [4.69, 9.17) is 0 Å². The zero-order valence-electron chi connectivity index (χ0n) is 10.4. The topological polar surface area (TPSA) is 15.8 Å². The van der Waals surface area contributed by atoms with Crippen molar-refractivity contribution in [2.75, 3.05) is 0 Å². The molecule has 1 aliphatic carbocycles. The van der Waals surface area contributed by atoms with Crippen LogP contribution in [0.2, 0.25) is 0 Å². The van der Waals surface area contributed by atoms with Crippen molar-refractivity contribution in [1.82, 2.24) is 4.98 Å². The molecule has 0 fully saturated rings. The monoisotopic (exact) mass is 217 g/mol. The molecular weight excluding hydrogens is 194 g/mol. The van der Waals surface area contributed by atoms with Gasteiger partial charge in [0.25, 0.3) is 0 Å². The van der Waals surface area contributed by atoms with Gasteiger partial charge >= 0.3 is 0 Å². The molecule has 0 spiro atoms. The number of H-pyrrole nitrogens is 1. The molecule has 0 unspecified atom stereocenters. The second kappa shape index (κ2) is 5.93. The Morgan fingerprint density at radius 3 is 2.50 bits per heavy atom. The Kier molecular flexibility index (Phi) is 4.26. The van der Waals surface area contributed by atoms with Crippen molar-refractivity contribution in [3.8, 4) is 0 Å². The maximum atomic E-state index is 3.39. The van der Waals surface area contributed by atoms with Crippen LogP contribution < -0.4 is 0 Å². The zero-order valence-corrected chi connectivity index (χ0v) is 10.4. The minimum absolute atomic E-state index is 1.25. The average Bonchev–Trinajstić information content (AvgIpc) is 2.72. The molecule has 16 heavy (non-hydrogen) atoms. The molecule has 0 radical (unpaired) electrons. The first kappa shape index (κ1) is 11.5. The lowest BCUT2D eigenvalue weighted by molar-refractivity contribution is 0.595. The minimum atomic E-state index is 1.25. The molecular formula is C15H23N. The molecule has 1 aromatic heterocycles. The Morgan fingerprint density at radius 2 is 1.75 bits per heavy atom. The Bertz CT molecular complexity index is 346. The Morgan fingerprint density at radius 1 is 1.00 bits per heavy atom. The van der Waals surface area contributed by atoms with Crippen LogP contribution in [0.5, 0.6) is 0 Å². The van der Waals surface area contributed by atoms with E-state index in [1.807, 2.05) is 0 Å². The van der Waals surface area contributed by atoms with E-state index in [2.05, 4.69) is 30.2 Å². The summed E-state index contributed by atoms with van der Waals surface area (Å²) in [5.41, 5.74) is 4.31. The van der Waals surface area contributed by atoms with E-state index in [0.717, 1.165) is 0 Å². The van der Waals surface area contributed by atoms with Crippen LogP contribution in [0.1, 0.15) is 62.6 Å². The molecule has 0 aromatic carbocycles. The Balaban J connectivity index is 2.09. The highest BCUT2D eigenvalue weighted by Gasteiger charge is 2.06. The molecule has 1 heterocycles. The van der Waals surface area contributed by atoms with Crippen LogP contribution in [-0.2, 0) is 0 Å². The summed E-state index contributed by atoms with van der Waals surface area (Å²) in [7, 11) is 0. The molecule has 0 saturated heterocycles. The fraction of sp³-hybridized carbons (Fsp3) is 0.600. The van der Waals surface area contributed by atoms with Gasteiger partial charge in [-0.2, -0.15) is 0 Å². The predicted molar refractivity (Wildman–Crippen MR) is 70.4 cm³/mol. The van der Waals surface area contributed by atoms with Gasteiger partial charge in [0, 0.05) is 11.9 Å². The smallest absolute Gasteiger partial charge is 0.0439 e. The van der Waals surface area contributed by atoms with Gasteiger partial charge in [0.1, 0.15) is 0 Å². The van der Waals surface area contributed by atoms with Crippen LogP contribution in [0, 0.1) is 6.92 Å². The molecule has 1 aliphatic rings. The van der Waals surface area contributed by atoms with Gasteiger partial charge in [0.15, 0.2) is 0 Å². The molecule has 1 N–H and O–H groups in total. The van der Waals surface area contributed by atoms with Crippen LogP contribution in [0.3, 0.4) is 0 Å². The number of hydrogen-bond acceptors (Lipinski definition) is 0. The molecule has 0 atom stereocenters. The van der Waals surface area contributed by atoms with Gasteiger partial charge < -0.3 is 4.98 Å². The van der Waals surface area contributed by atoms with Crippen LogP contribution in [0.4, 0.5) is 0 Å². The first-order valence-corrected chi connectivity index (χ1v) is 6.71. The molecule has 1 heteroatoms. The largest absolute Gasteiger partial charge is 0.361 e. The number of aromatic nitrogens is 1. The second-order valence-corrected chi connectivity index (χ2v) is 4.93. The van der Waals surface area contributed by atoms with E-state index >= 15 is 0 Å². The summed E-state index contributed by atoms with van der Waals surface area (Å²) in [5.74, 6) is 0. The lowest BCUT2D eigenvalue weighted by atomic mass is 9.97. The van der Waals surface area contributed by atoms with E-state index in [9.17, 15) is 0 Å². The van der Waals surface area contributed by atoms with Crippen LogP contribution in [0.25, 0.3) is 5.57 Å². The fourth-order valence-corrected chi connectivity index (χ4v) is 2.57. The van der Waals surface area contributed by atoms with Crippen molar-refractivity contribution in [1.29, 1.82) is 0 Å². The first-order chi connectivity index (χ1) is 7.88. The van der Waals surface area contributed by atoms with Crippen LogP contribution in [-0.4, -0.2) is 4.98 Å². The summed E-state index contributed by atoms with van der Waals surface area (Å²) in [5, 5.41) is 0. The molecule has 88 valence electrons. The Labute approximate surface area is 99.0 Å². The quantitative estimate of drug-likeness (QED) is 0.692. The number of nitrogens with one attached hydrogen (secondary N) is 1. The van der Waals surface area contributed by atoms with E-state index < -0.39 is 0 Å². The zero-order chi connectivity index (χ0) is 11.2. The van der Waals surface area contributed by atoms with Crippen molar-refractivity contribution in [3.05, 3.63) is 29.6 Å². The van der Waals surface area contributed by atoms with Gasteiger partial charge in [-0.1, -0.05) is 31.8 Å². The summed E-state index contributed by atoms with van der Waals surface area (Å²) in [6, 6.07) is 2.18. The van der Waals surface area contributed by atoms with Crippen molar-refractivity contribution in [2.24, 2.45) is 0 Å². The summed E-state index contributed by atoms with van der Waals surface area (Å²) in [6.45, 7) is 2.20. The molecule has 0 aliphatic heterocycles. The highest BCUT2D eigenvalue weighted by Crippen LogP contribution is 2.25. The highest BCUT2D eigenvalue weighted by atomic mass is 14.7. The van der Waals surface area contributed by atoms with Gasteiger partial charge in [0.2, 0.25) is 0 Å². The van der Waals surface area contributed by atoms with E-state index in [1.54, 1.807) is 5.57 Å². The van der Waals surface area contributed by atoms with Gasteiger partial charge in [0.05, 0.1) is 0 Å². The number of hydrogen-bond donors (Lipinski definition) is 1. The van der Waals surface area contributed by atoms with Crippen molar-refractivity contribution >= 4 is 5.57 Å². The van der Waals surface area contributed by atoms with Crippen molar-refractivity contribution in [2.45, 2.75) is 58.3 Å². The van der Waals surface area contributed by atoms with E-state index in [1.165, 1.54) is 62.6 Å². The molecule has 1 nitrogen and oxygen atoms in total. The summed E-state index contributed by atoms with van der Waals surface area (Å²) in [4.78, 5) is 3.39. The normalized spacial score (nSPS) is 22.4. The standard InChI is InChI=1S/C15H23N/c1-13-11-12-16-15(13)14-9-7-5-3-2-4-6-8-10-14/h9,11-12,16H,2-8,10H2,1H3/b14-9+. The molecule has 0 bridgehead atoms. The number of aryl methyl sites for hydroxylation is 1. The lowest BCUT2D eigenvalue weighted by Crippen LogP contribution is -1.91. The minimum Gasteiger partial charge on any atom is -0.361 e. The maximum absolute atomic E-state index is 3.39. The molecule has 0 saturated carbocycles. The van der Waals surface area contributed by atoms with Crippen LogP contribution in [0.15, 0.2) is 18.3 Å². The summed E-state index contributed by atoms with van der Waals surface area (Å²) >= 11 is 0. The van der Waals surface area contributed by atoms with Crippen LogP contribution >= 0.6 is 0 Å². The average molecular weight is 217 g/mol. The van der Waals surface area contributed by atoms with Gasteiger partial charge in [-0.15, -0.1) is 0 Å². The lowest BCUT2D eigenvalue weighted by Gasteiger charge is -2.10. The SMILES string of the molecule is Cc1cc[nH]c1/C1=C/CCCCCCCC1. The third-order valence-electron chi connectivity index (χ3n) is 3.57. The van der Waals surface area contributed by atoms with Crippen molar-refractivity contribution < 1.29 is 0 Å². The molecule has 1 aromatic rings. The van der Waals surface area contributed by atoms with Gasteiger partial charge in [-0.25, -0.2) is 0 Å².